The Morgan fingerprint density at radius 1 is 1.21 bits per heavy atom. The summed E-state index contributed by atoms with van der Waals surface area (Å²) in [5.74, 6) is 0.849. The van der Waals surface area contributed by atoms with Crippen LogP contribution >= 0.6 is 27.7 Å². The first-order valence-electron chi connectivity index (χ1n) is 5.89. The maximum absolute atomic E-state index is 9.55. The second kappa shape index (κ2) is 6.46. The molecule has 1 unspecified atom stereocenters. The van der Waals surface area contributed by atoms with Crippen LogP contribution in [0.15, 0.2) is 56.7 Å². The molecule has 0 aliphatic carbocycles. The minimum absolute atomic E-state index is 0.452. The summed E-state index contributed by atoms with van der Waals surface area (Å²) >= 11 is 5.20. The zero-order valence-electron chi connectivity index (χ0n) is 10.8. The molecule has 0 saturated carbocycles. The zero-order valence-corrected chi connectivity index (χ0v) is 13.2. The van der Waals surface area contributed by atoms with Crippen LogP contribution < -0.4 is 4.74 Å². The molecule has 2 nitrogen and oxygen atoms in total. The van der Waals surface area contributed by atoms with E-state index in [0.29, 0.717) is 0 Å². The number of ether oxygens (including phenoxy) is 1. The first-order chi connectivity index (χ1) is 9.10. The van der Waals surface area contributed by atoms with Crippen LogP contribution in [0.25, 0.3) is 0 Å². The highest BCUT2D eigenvalue weighted by Crippen LogP contribution is 2.36. The third kappa shape index (κ3) is 3.75. The van der Waals surface area contributed by atoms with Crippen molar-refractivity contribution in [1.29, 1.82) is 0 Å². The summed E-state index contributed by atoms with van der Waals surface area (Å²) in [6, 6.07) is 13.8. The van der Waals surface area contributed by atoms with Crippen molar-refractivity contribution in [1.82, 2.24) is 0 Å². The van der Waals surface area contributed by atoms with E-state index >= 15 is 0 Å². The van der Waals surface area contributed by atoms with Crippen LogP contribution in [-0.2, 0) is 0 Å². The number of hydrogen-bond donors (Lipinski definition) is 1. The summed E-state index contributed by atoms with van der Waals surface area (Å²) in [7, 11) is 1.66. The van der Waals surface area contributed by atoms with Crippen molar-refractivity contribution in [2.45, 2.75) is 22.8 Å². The second-order valence-corrected chi connectivity index (χ2v) is 6.12. The Hall–Kier alpha value is -0.970. The predicted octanol–water partition coefficient (Wildman–Crippen LogP) is 4.66. The largest absolute Gasteiger partial charge is 0.497 e. The van der Waals surface area contributed by atoms with Crippen LogP contribution in [0, 0.1) is 0 Å². The van der Waals surface area contributed by atoms with Crippen LogP contribution in [0.3, 0.4) is 0 Å². The first-order valence-corrected chi connectivity index (χ1v) is 7.50. The van der Waals surface area contributed by atoms with Crippen LogP contribution in [-0.4, -0.2) is 12.2 Å². The molecule has 0 amide bonds. The number of hydrogen-bond acceptors (Lipinski definition) is 3. The quantitative estimate of drug-likeness (QED) is 0.878. The van der Waals surface area contributed by atoms with E-state index in [2.05, 4.69) is 15.9 Å². The van der Waals surface area contributed by atoms with Gasteiger partial charge in [-0.25, -0.2) is 0 Å². The lowest BCUT2D eigenvalue weighted by molar-refractivity contribution is 0.199. The average Bonchev–Trinajstić information content (AvgIpc) is 2.41. The molecule has 2 rings (SSSR count). The number of aliphatic hydroxyl groups is 1. The fourth-order valence-electron chi connectivity index (χ4n) is 1.65. The van der Waals surface area contributed by atoms with Crippen molar-refractivity contribution in [3.8, 4) is 5.75 Å². The number of benzene rings is 2. The summed E-state index contributed by atoms with van der Waals surface area (Å²) in [5.41, 5.74) is 0.905. The van der Waals surface area contributed by atoms with Gasteiger partial charge in [0, 0.05) is 14.3 Å². The summed E-state index contributed by atoms with van der Waals surface area (Å²) < 4.78 is 6.20. The maximum Gasteiger partial charge on any atom is 0.119 e. The van der Waals surface area contributed by atoms with Gasteiger partial charge < -0.3 is 9.84 Å². The highest BCUT2D eigenvalue weighted by Gasteiger charge is 2.07. The van der Waals surface area contributed by atoms with Crippen molar-refractivity contribution in [2.24, 2.45) is 0 Å². The van der Waals surface area contributed by atoms with Crippen LogP contribution in [0.4, 0.5) is 0 Å². The van der Waals surface area contributed by atoms with E-state index in [-0.39, 0.29) is 0 Å². The van der Waals surface area contributed by atoms with Gasteiger partial charge in [-0.15, -0.1) is 0 Å². The van der Waals surface area contributed by atoms with Crippen molar-refractivity contribution >= 4 is 27.7 Å². The fourth-order valence-corrected chi connectivity index (χ4v) is 3.16. The number of aliphatic hydroxyl groups excluding tert-OH is 1. The van der Waals surface area contributed by atoms with Crippen LogP contribution in [0.2, 0.25) is 0 Å². The average molecular weight is 339 g/mol. The molecular formula is C15H15BrO2S. The van der Waals surface area contributed by atoms with Crippen molar-refractivity contribution in [3.63, 3.8) is 0 Å². The lowest BCUT2D eigenvalue weighted by Crippen LogP contribution is -1.91. The molecular weight excluding hydrogens is 324 g/mol. The van der Waals surface area contributed by atoms with Gasteiger partial charge >= 0.3 is 0 Å². The fraction of sp³-hybridized carbons (Fsp3) is 0.200. The molecule has 100 valence electrons. The molecule has 0 heterocycles. The molecule has 0 aromatic heterocycles. The second-order valence-electron chi connectivity index (χ2n) is 4.15. The standard InChI is InChI=1S/C15H15BrO2S/c1-10(17)11-6-7-15(14(16)8-11)19-13-5-3-4-12(9-13)18-2/h3-10,17H,1-2H3. The molecule has 4 heteroatoms. The molecule has 1 N–H and O–H groups in total. The summed E-state index contributed by atoms with van der Waals surface area (Å²) in [4.78, 5) is 2.22. The molecule has 0 fully saturated rings. The topological polar surface area (TPSA) is 29.5 Å². The predicted molar refractivity (Wildman–Crippen MR) is 81.9 cm³/mol. The molecule has 0 spiro atoms. The maximum atomic E-state index is 9.55. The van der Waals surface area contributed by atoms with Gasteiger partial charge in [-0.3, -0.25) is 0 Å². The Kier molecular flexibility index (Phi) is 4.91. The lowest BCUT2D eigenvalue weighted by Gasteiger charge is -2.09. The van der Waals surface area contributed by atoms with Gasteiger partial charge in [-0.05, 0) is 58.7 Å². The first kappa shape index (κ1) is 14.4. The van der Waals surface area contributed by atoms with Crippen molar-refractivity contribution in [2.75, 3.05) is 7.11 Å². The number of methoxy groups -OCH3 is 1. The zero-order chi connectivity index (χ0) is 13.8. The van der Waals surface area contributed by atoms with E-state index in [1.54, 1.807) is 25.8 Å². The molecule has 0 aliphatic rings. The third-order valence-corrected chi connectivity index (χ3v) is 4.69. The summed E-state index contributed by atoms with van der Waals surface area (Å²) in [6.45, 7) is 1.76. The van der Waals surface area contributed by atoms with E-state index in [1.165, 1.54) is 0 Å². The van der Waals surface area contributed by atoms with E-state index in [0.717, 1.165) is 25.6 Å². The Morgan fingerprint density at radius 3 is 2.63 bits per heavy atom. The minimum atomic E-state index is -0.452. The number of halogens is 1. The van der Waals surface area contributed by atoms with Gasteiger partial charge in [0.25, 0.3) is 0 Å². The third-order valence-electron chi connectivity index (χ3n) is 2.71. The Balaban J connectivity index is 2.23. The monoisotopic (exact) mass is 338 g/mol. The molecule has 2 aromatic carbocycles. The van der Waals surface area contributed by atoms with E-state index < -0.39 is 6.10 Å². The molecule has 0 bridgehead atoms. The smallest absolute Gasteiger partial charge is 0.119 e. The summed E-state index contributed by atoms with van der Waals surface area (Å²) in [5, 5.41) is 9.55. The lowest BCUT2D eigenvalue weighted by atomic mass is 10.1. The van der Waals surface area contributed by atoms with Crippen molar-refractivity contribution in [3.05, 3.63) is 52.5 Å². The minimum Gasteiger partial charge on any atom is -0.497 e. The van der Waals surface area contributed by atoms with E-state index in [9.17, 15) is 5.11 Å². The Labute approximate surface area is 125 Å². The van der Waals surface area contributed by atoms with Gasteiger partial charge in [0.1, 0.15) is 5.75 Å². The van der Waals surface area contributed by atoms with Gasteiger partial charge in [0.2, 0.25) is 0 Å². The van der Waals surface area contributed by atoms with Crippen molar-refractivity contribution < 1.29 is 9.84 Å². The van der Waals surface area contributed by atoms with Crippen LogP contribution in [0.5, 0.6) is 5.75 Å². The van der Waals surface area contributed by atoms with Gasteiger partial charge in [0.15, 0.2) is 0 Å². The normalized spacial score (nSPS) is 12.2. The highest BCUT2D eigenvalue weighted by atomic mass is 79.9. The Morgan fingerprint density at radius 2 is 2.00 bits per heavy atom. The van der Waals surface area contributed by atoms with Crippen LogP contribution in [0.1, 0.15) is 18.6 Å². The molecule has 0 radical (unpaired) electrons. The van der Waals surface area contributed by atoms with E-state index in [4.69, 9.17) is 4.74 Å². The van der Waals surface area contributed by atoms with Gasteiger partial charge in [-0.1, -0.05) is 23.9 Å². The molecule has 0 saturated heterocycles. The van der Waals surface area contributed by atoms with Gasteiger partial charge in [-0.2, -0.15) is 0 Å². The van der Waals surface area contributed by atoms with Gasteiger partial charge in [0.05, 0.1) is 13.2 Å². The highest BCUT2D eigenvalue weighted by molar-refractivity contribution is 9.10. The molecule has 2 aromatic rings. The number of rotatable bonds is 4. The molecule has 19 heavy (non-hydrogen) atoms. The molecule has 1 atom stereocenters. The Bertz CT molecular complexity index is 570. The summed E-state index contributed by atoms with van der Waals surface area (Å²) in [6.07, 6.45) is -0.452. The van der Waals surface area contributed by atoms with E-state index in [1.807, 2.05) is 42.5 Å². The molecule has 0 aliphatic heterocycles. The SMILES string of the molecule is COc1cccc(Sc2ccc(C(C)O)cc2Br)c1.